The Kier molecular flexibility index (Phi) is 3.90. The van der Waals surface area contributed by atoms with Gasteiger partial charge in [0.2, 0.25) is 0 Å². The van der Waals surface area contributed by atoms with Gasteiger partial charge < -0.3 is 9.64 Å². The topological polar surface area (TPSA) is 58.2 Å². The monoisotopic (exact) mass is 285 g/mol. The van der Waals surface area contributed by atoms with Crippen molar-refractivity contribution in [1.29, 1.82) is 0 Å². The van der Waals surface area contributed by atoms with Crippen LogP contribution in [0.5, 0.6) is 5.75 Å². The molecule has 0 radical (unpaired) electrons. The first-order valence-corrected chi connectivity index (χ1v) is 7.24. The zero-order valence-corrected chi connectivity index (χ0v) is 12.1. The van der Waals surface area contributed by atoms with Crippen molar-refractivity contribution in [2.45, 2.75) is 25.3 Å². The normalized spacial score (nSPS) is 18.5. The zero-order chi connectivity index (χ0) is 14.7. The van der Waals surface area contributed by atoms with Crippen LogP contribution in [0.15, 0.2) is 36.7 Å². The average molecular weight is 285 g/mol. The van der Waals surface area contributed by atoms with E-state index in [1.165, 1.54) is 0 Å². The lowest BCUT2D eigenvalue weighted by molar-refractivity contribution is 0.0608. The third-order valence-electron chi connectivity index (χ3n) is 4.01. The maximum Gasteiger partial charge on any atom is 0.258 e. The number of hydrogen-bond donors (Lipinski definition) is 1. The summed E-state index contributed by atoms with van der Waals surface area (Å²) in [6, 6.07) is 7.48. The smallest absolute Gasteiger partial charge is 0.258 e. The van der Waals surface area contributed by atoms with Crippen LogP contribution in [-0.4, -0.2) is 34.7 Å². The van der Waals surface area contributed by atoms with E-state index in [1.807, 2.05) is 35.4 Å². The summed E-state index contributed by atoms with van der Waals surface area (Å²) in [4.78, 5) is 14.8. The largest absolute Gasteiger partial charge is 0.496 e. The van der Waals surface area contributed by atoms with Crippen LogP contribution in [0.3, 0.4) is 0 Å². The van der Waals surface area contributed by atoms with Crippen LogP contribution in [0, 0.1) is 0 Å². The number of likely N-dealkylation sites (tertiary alicyclic amines) is 1. The van der Waals surface area contributed by atoms with E-state index in [2.05, 4.69) is 10.2 Å². The van der Waals surface area contributed by atoms with E-state index in [-0.39, 0.29) is 11.9 Å². The number of hydrogen-bond acceptors (Lipinski definition) is 3. The molecule has 1 saturated heterocycles. The second kappa shape index (κ2) is 5.99. The van der Waals surface area contributed by atoms with Gasteiger partial charge in [0.05, 0.1) is 24.9 Å². The first kappa shape index (κ1) is 13.7. The highest BCUT2D eigenvalue weighted by Crippen LogP contribution is 2.33. The Morgan fingerprint density at radius 1 is 1.38 bits per heavy atom. The number of ether oxygens (including phenoxy) is 1. The summed E-state index contributed by atoms with van der Waals surface area (Å²) in [5.74, 6) is 0.650. The summed E-state index contributed by atoms with van der Waals surface area (Å²) in [6.45, 7) is 0.771. The minimum Gasteiger partial charge on any atom is -0.496 e. The number of aromatic amines is 1. The van der Waals surface area contributed by atoms with Crippen LogP contribution in [0.1, 0.15) is 41.2 Å². The number of carbonyl (C=O) groups excluding carboxylic acids is 1. The highest BCUT2D eigenvalue weighted by Gasteiger charge is 2.30. The highest BCUT2D eigenvalue weighted by atomic mass is 16.5. The lowest BCUT2D eigenvalue weighted by atomic mass is 9.96. The minimum absolute atomic E-state index is 0.0263. The van der Waals surface area contributed by atoms with E-state index in [1.54, 1.807) is 13.3 Å². The Labute approximate surface area is 123 Å². The van der Waals surface area contributed by atoms with Gasteiger partial charge in [-0.2, -0.15) is 5.10 Å². The Hall–Kier alpha value is -2.30. The van der Waals surface area contributed by atoms with Crippen LogP contribution in [0.2, 0.25) is 0 Å². The number of nitrogens with zero attached hydrogens (tertiary/aromatic N) is 2. The summed E-state index contributed by atoms with van der Waals surface area (Å²) >= 11 is 0. The Bertz CT molecular complexity index is 610. The SMILES string of the molecule is COc1ccccc1C(=O)N1CCCC[C@H]1c1cn[nH]c1. The van der Waals surface area contributed by atoms with E-state index in [9.17, 15) is 4.79 Å². The third kappa shape index (κ3) is 2.63. The van der Waals surface area contributed by atoms with Crippen LogP contribution >= 0.6 is 0 Å². The third-order valence-corrected chi connectivity index (χ3v) is 4.01. The van der Waals surface area contributed by atoms with Crippen LogP contribution in [-0.2, 0) is 0 Å². The Balaban J connectivity index is 1.91. The predicted octanol–water partition coefficient (Wildman–Crippen LogP) is 2.79. The van der Waals surface area contributed by atoms with Crippen LogP contribution in [0.25, 0.3) is 0 Å². The van der Waals surface area contributed by atoms with Crippen molar-refractivity contribution in [2.24, 2.45) is 0 Å². The van der Waals surface area contributed by atoms with Gasteiger partial charge in [-0.25, -0.2) is 0 Å². The summed E-state index contributed by atoms with van der Waals surface area (Å²) in [5, 5.41) is 6.85. The predicted molar refractivity (Wildman–Crippen MR) is 79.2 cm³/mol. The second-order valence-electron chi connectivity index (χ2n) is 5.24. The van der Waals surface area contributed by atoms with Crippen molar-refractivity contribution in [3.8, 4) is 5.75 Å². The molecule has 1 aromatic carbocycles. The van der Waals surface area contributed by atoms with Gasteiger partial charge in [0.25, 0.3) is 5.91 Å². The van der Waals surface area contributed by atoms with E-state index >= 15 is 0 Å². The number of aromatic nitrogens is 2. The van der Waals surface area contributed by atoms with Crippen molar-refractivity contribution < 1.29 is 9.53 Å². The lowest BCUT2D eigenvalue weighted by Crippen LogP contribution is -2.38. The average Bonchev–Trinajstić information content (AvgIpc) is 3.08. The maximum atomic E-state index is 12.9. The summed E-state index contributed by atoms with van der Waals surface area (Å²) < 4.78 is 5.32. The molecule has 1 aliphatic heterocycles. The first-order chi connectivity index (χ1) is 10.3. The van der Waals surface area contributed by atoms with Gasteiger partial charge in [0, 0.05) is 18.3 Å². The van der Waals surface area contributed by atoms with E-state index in [4.69, 9.17) is 4.74 Å². The quantitative estimate of drug-likeness (QED) is 0.943. The molecular formula is C16H19N3O2. The molecule has 0 spiro atoms. The van der Waals surface area contributed by atoms with Gasteiger partial charge in [-0.15, -0.1) is 0 Å². The molecule has 1 aliphatic rings. The van der Waals surface area contributed by atoms with Crippen LogP contribution < -0.4 is 4.74 Å². The number of benzene rings is 1. The Morgan fingerprint density at radius 3 is 3.00 bits per heavy atom. The van der Waals surface area contributed by atoms with Gasteiger partial charge in [0.15, 0.2) is 0 Å². The number of rotatable bonds is 3. The number of piperidine rings is 1. The van der Waals surface area contributed by atoms with Crippen molar-refractivity contribution in [2.75, 3.05) is 13.7 Å². The number of methoxy groups -OCH3 is 1. The molecule has 5 heteroatoms. The molecule has 1 fully saturated rings. The zero-order valence-electron chi connectivity index (χ0n) is 12.1. The van der Waals surface area contributed by atoms with Gasteiger partial charge in [0.1, 0.15) is 5.75 Å². The number of nitrogens with one attached hydrogen (secondary N) is 1. The first-order valence-electron chi connectivity index (χ1n) is 7.24. The standard InChI is InChI=1S/C16H19N3O2/c1-21-15-8-3-2-6-13(15)16(20)19-9-5-4-7-14(19)12-10-17-18-11-12/h2-3,6,8,10-11,14H,4-5,7,9H2,1H3,(H,17,18)/t14-/m0/s1. The van der Waals surface area contributed by atoms with E-state index in [0.717, 1.165) is 31.4 Å². The molecule has 0 unspecified atom stereocenters. The van der Waals surface area contributed by atoms with Crippen molar-refractivity contribution in [1.82, 2.24) is 15.1 Å². The number of carbonyl (C=O) groups is 1. The molecule has 110 valence electrons. The Morgan fingerprint density at radius 2 is 2.24 bits per heavy atom. The molecular weight excluding hydrogens is 266 g/mol. The van der Waals surface area contributed by atoms with Gasteiger partial charge in [-0.05, 0) is 31.4 Å². The summed E-state index contributed by atoms with van der Waals surface area (Å²) in [5.41, 5.74) is 1.69. The second-order valence-corrected chi connectivity index (χ2v) is 5.24. The molecule has 5 nitrogen and oxygen atoms in total. The summed E-state index contributed by atoms with van der Waals surface area (Å²) in [7, 11) is 1.59. The lowest BCUT2D eigenvalue weighted by Gasteiger charge is -2.35. The molecule has 0 aliphatic carbocycles. The van der Waals surface area contributed by atoms with Crippen molar-refractivity contribution >= 4 is 5.91 Å². The number of H-pyrrole nitrogens is 1. The molecule has 21 heavy (non-hydrogen) atoms. The molecule has 1 amide bonds. The number of para-hydroxylation sites is 1. The fourth-order valence-corrected chi connectivity index (χ4v) is 2.94. The van der Waals surface area contributed by atoms with Crippen LogP contribution in [0.4, 0.5) is 0 Å². The minimum atomic E-state index is 0.0263. The van der Waals surface area contributed by atoms with Crippen molar-refractivity contribution in [3.05, 3.63) is 47.8 Å². The van der Waals surface area contributed by atoms with Gasteiger partial charge in [-0.3, -0.25) is 9.89 Å². The van der Waals surface area contributed by atoms with E-state index < -0.39 is 0 Å². The molecule has 2 aromatic rings. The fourth-order valence-electron chi connectivity index (χ4n) is 2.94. The number of amides is 1. The van der Waals surface area contributed by atoms with E-state index in [0.29, 0.717) is 11.3 Å². The van der Waals surface area contributed by atoms with Gasteiger partial charge in [-0.1, -0.05) is 12.1 Å². The molecule has 3 rings (SSSR count). The molecule has 1 N–H and O–H groups in total. The summed E-state index contributed by atoms with van der Waals surface area (Å²) in [6.07, 6.45) is 6.82. The molecule has 0 bridgehead atoms. The fraction of sp³-hybridized carbons (Fsp3) is 0.375. The molecule has 2 heterocycles. The molecule has 1 atom stereocenters. The van der Waals surface area contributed by atoms with Gasteiger partial charge >= 0.3 is 0 Å². The highest BCUT2D eigenvalue weighted by molar-refractivity contribution is 5.97. The molecule has 0 saturated carbocycles. The molecule has 1 aromatic heterocycles. The van der Waals surface area contributed by atoms with Crippen molar-refractivity contribution in [3.63, 3.8) is 0 Å². The maximum absolute atomic E-state index is 12.9.